The van der Waals surface area contributed by atoms with Gasteiger partial charge in [-0.05, 0) is 57.4 Å². The molecular formula is C22H27N5O. The van der Waals surface area contributed by atoms with E-state index in [-0.39, 0.29) is 0 Å². The number of rotatable bonds is 6. The van der Waals surface area contributed by atoms with E-state index in [4.69, 9.17) is 10.5 Å². The number of aromatic nitrogens is 3. The second-order valence-electron chi connectivity index (χ2n) is 8.20. The monoisotopic (exact) mass is 377 g/mol. The van der Waals surface area contributed by atoms with Crippen LogP contribution >= 0.6 is 0 Å². The lowest BCUT2D eigenvalue weighted by molar-refractivity contribution is 0.206. The van der Waals surface area contributed by atoms with Gasteiger partial charge in [-0.15, -0.1) is 0 Å². The van der Waals surface area contributed by atoms with Gasteiger partial charge in [0.25, 0.3) is 0 Å². The molecule has 28 heavy (non-hydrogen) atoms. The van der Waals surface area contributed by atoms with Crippen molar-refractivity contribution in [2.24, 2.45) is 11.7 Å². The van der Waals surface area contributed by atoms with Crippen molar-refractivity contribution in [3.05, 3.63) is 47.3 Å². The van der Waals surface area contributed by atoms with E-state index in [0.29, 0.717) is 23.8 Å². The van der Waals surface area contributed by atoms with Gasteiger partial charge in [-0.25, -0.2) is 9.50 Å². The molecule has 1 unspecified atom stereocenters. The molecule has 2 heterocycles. The number of nitrogens with zero attached hydrogens (tertiary/aromatic N) is 4. The van der Waals surface area contributed by atoms with E-state index in [2.05, 4.69) is 30.0 Å². The van der Waals surface area contributed by atoms with E-state index < -0.39 is 5.54 Å². The minimum Gasteiger partial charge on any atom is -0.490 e. The van der Waals surface area contributed by atoms with Crippen LogP contribution in [-0.4, -0.2) is 26.7 Å². The Morgan fingerprint density at radius 3 is 2.64 bits per heavy atom. The van der Waals surface area contributed by atoms with Gasteiger partial charge < -0.3 is 10.5 Å². The van der Waals surface area contributed by atoms with Gasteiger partial charge in [-0.1, -0.05) is 13.8 Å². The van der Waals surface area contributed by atoms with Gasteiger partial charge in [0.1, 0.15) is 18.4 Å². The molecule has 6 heteroatoms. The second-order valence-corrected chi connectivity index (χ2v) is 8.20. The number of ether oxygens (including phenoxy) is 1. The fraction of sp³-hybridized carbons (Fsp3) is 0.409. The zero-order chi connectivity index (χ0) is 20.5. The van der Waals surface area contributed by atoms with Crippen LogP contribution in [0.4, 0.5) is 0 Å². The number of aryl methyl sites for hydroxylation is 2. The number of benzene rings is 1. The molecule has 0 saturated carbocycles. The van der Waals surface area contributed by atoms with Gasteiger partial charge in [-0.2, -0.15) is 10.4 Å². The molecule has 146 valence electrons. The Labute approximate surface area is 166 Å². The molecule has 0 aliphatic carbocycles. The average Bonchev–Trinajstić information content (AvgIpc) is 2.98. The summed E-state index contributed by atoms with van der Waals surface area (Å²) in [4.78, 5) is 4.52. The van der Waals surface area contributed by atoms with E-state index in [1.165, 1.54) is 0 Å². The third kappa shape index (κ3) is 4.32. The maximum atomic E-state index is 9.64. The summed E-state index contributed by atoms with van der Waals surface area (Å²) in [7, 11) is 0. The molecule has 3 rings (SSSR count). The van der Waals surface area contributed by atoms with Gasteiger partial charge in [0.05, 0.1) is 17.0 Å². The van der Waals surface area contributed by atoms with Gasteiger partial charge in [0.2, 0.25) is 0 Å². The predicted molar refractivity (Wildman–Crippen MR) is 110 cm³/mol. The molecule has 1 aromatic carbocycles. The average molecular weight is 377 g/mol. The lowest BCUT2D eigenvalue weighted by atomic mass is 9.93. The van der Waals surface area contributed by atoms with Crippen LogP contribution in [0.3, 0.4) is 0 Å². The Bertz CT molecular complexity index is 1040. The van der Waals surface area contributed by atoms with Crippen LogP contribution in [-0.2, 0) is 0 Å². The quantitative estimate of drug-likeness (QED) is 0.700. The van der Waals surface area contributed by atoms with Gasteiger partial charge in [-0.3, -0.25) is 0 Å². The molecule has 2 aromatic heterocycles. The van der Waals surface area contributed by atoms with Gasteiger partial charge in [0, 0.05) is 22.9 Å². The largest absolute Gasteiger partial charge is 0.490 e. The summed E-state index contributed by atoms with van der Waals surface area (Å²) in [6.45, 7) is 10.5. The van der Waals surface area contributed by atoms with Crippen LogP contribution in [0.25, 0.3) is 16.9 Å². The normalized spacial score (nSPS) is 13.5. The number of hydrogen-bond donors (Lipinski definition) is 1. The summed E-state index contributed by atoms with van der Waals surface area (Å²) < 4.78 is 7.72. The molecule has 6 nitrogen and oxygen atoms in total. The molecule has 1 atom stereocenters. The van der Waals surface area contributed by atoms with E-state index in [0.717, 1.165) is 34.7 Å². The number of hydrogen-bond acceptors (Lipinski definition) is 5. The first-order chi connectivity index (χ1) is 13.2. The third-order valence-corrected chi connectivity index (χ3v) is 4.51. The van der Waals surface area contributed by atoms with Crippen molar-refractivity contribution in [2.45, 2.75) is 46.6 Å². The fourth-order valence-electron chi connectivity index (χ4n) is 3.56. The smallest absolute Gasteiger partial charge is 0.156 e. The number of nitriles is 1. The molecule has 2 N–H and O–H groups in total. The van der Waals surface area contributed by atoms with Crippen molar-refractivity contribution in [3.8, 4) is 23.1 Å². The minimum atomic E-state index is -0.444. The van der Waals surface area contributed by atoms with E-state index in [9.17, 15) is 5.26 Å². The summed E-state index contributed by atoms with van der Waals surface area (Å²) >= 11 is 0. The molecule has 3 aromatic rings. The van der Waals surface area contributed by atoms with Crippen molar-refractivity contribution in [1.29, 1.82) is 5.26 Å². The fourth-order valence-corrected chi connectivity index (χ4v) is 3.56. The first-order valence-corrected chi connectivity index (χ1v) is 9.49. The standard InChI is InChI=1S/C22H27N5O/c1-14(2)11-22(5,24)13-28-20-7-6-17(10-18(20)12-23)19-8-15(3)25-21-9-16(4)26-27(19)21/h6-10,14H,11,13,24H2,1-5H3. The summed E-state index contributed by atoms with van der Waals surface area (Å²) in [6.07, 6.45) is 0.847. The van der Waals surface area contributed by atoms with Crippen LogP contribution in [0.1, 0.15) is 44.1 Å². The van der Waals surface area contributed by atoms with E-state index in [1.807, 2.05) is 51.1 Å². The van der Waals surface area contributed by atoms with Crippen molar-refractivity contribution in [3.63, 3.8) is 0 Å². The molecule has 0 radical (unpaired) electrons. The van der Waals surface area contributed by atoms with Crippen LogP contribution in [0.2, 0.25) is 0 Å². The summed E-state index contributed by atoms with van der Waals surface area (Å²) in [5.74, 6) is 1.02. The Morgan fingerprint density at radius 2 is 1.96 bits per heavy atom. The summed E-state index contributed by atoms with van der Waals surface area (Å²) in [6, 6.07) is 11.8. The Morgan fingerprint density at radius 1 is 1.21 bits per heavy atom. The van der Waals surface area contributed by atoms with Gasteiger partial charge >= 0.3 is 0 Å². The lowest BCUT2D eigenvalue weighted by Crippen LogP contribution is -2.43. The highest BCUT2D eigenvalue weighted by Gasteiger charge is 2.22. The lowest BCUT2D eigenvalue weighted by Gasteiger charge is -2.26. The Kier molecular flexibility index (Phi) is 5.39. The van der Waals surface area contributed by atoms with Crippen molar-refractivity contribution in [2.75, 3.05) is 6.61 Å². The first-order valence-electron chi connectivity index (χ1n) is 9.49. The van der Waals surface area contributed by atoms with Crippen LogP contribution in [0.5, 0.6) is 5.75 Å². The zero-order valence-electron chi connectivity index (χ0n) is 17.2. The van der Waals surface area contributed by atoms with E-state index >= 15 is 0 Å². The van der Waals surface area contributed by atoms with Crippen molar-refractivity contribution in [1.82, 2.24) is 14.6 Å². The highest BCUT2D eigenvalue weighted by Crippen LogP contribution is 2.28. The molecule has 0 aliphatic heterocycles. The Hall–Kier alpha value is -2.91. The maximum Gasteiger partial charge on any atom is 0.156 e. The topological polar surface area (TPSA) is 89.2 Å². The van der Waals surface area contributed by atoms with Crippen molar-refractivity contribution < 1.29 is 4.74 Å². The minimum absolute atomic E-state index is 0.357. The number of fused-ring (bicyclic) bond motifs is 1. The summed E-state index contributed by atoms with van der Waals surface area (Å²) in [5.41, 5.74) is 10.7. The van der Waals surface area contributed by atoms with Crippen LogP contribution in [0.15, 0.2) is 30.3 Å². The molecule has 0 aliphatic rings. The first kappa shape index (κ1) is 19.8. The SMILES string of the molecule is Cc1cc(-c2ccc(OCC(C)(N)CC(C)C)c(C#N)c2)n2nc(C)cc2n1. The third-order valence-electron chi connectivity index (χ3n) is 4.51. The molecule has 0 saturated heterocycles. The van der Waals surface area contributed by atoms with Crippen LogP contribution in [0, 0.1) is 31.1 Å². The molecule has 0 amide bonds. The molecule has 0 bridgehead atoms. The second kappa shape index (κ2) is 7.61. The number of nitrogens with two attached hydrogens (primary N) is 1. The molecular weight excluding hydrogens is 350 g/mol. The van der Waals surface area contributed by atoms with Crippen LogP contribution < -0.4 is 10.5 Å². The highest BCUT2D eigenvalue weighted by atomic mass is 16.5. The zero-order valence-corrected chi connectivity index (χ0v) is 17.2. The highest BCUT2D eigenvalue weighted by molar-refractivity contribution is 5.67. The van der Waals surface area contributed by atoms with Crippen molar-refractivity contribution >= 4 is 5.65 Å². The molecule has 0 spiro atoms. The molecule has 0 fully saturated rings. The summed E-state index contributed by atoms with van der Waals surface area (Å²) in [5, 5.41) is 14.2. The maximum absolute atomic E-state index is 9.64. The van der Waals surface area contributed by atoms with Gasteiger partial charge in [0.15, 0.2) is 5.65 Å². The predicted octanol–water partition coefficient (Wildman–Crippen LogP) is 4.03. The Balaban J connectivity index is 1.94. The van der Waals surface area contributed by atoms with E-state index in [1.54, 1.807) is 4.52 Å².